The number of hydrogen-bond acceptors (Lipinski definition) is 8. The molecule has 9 heteroatoms. The molecule has 0 spiro atoms. The van der Waals surface area contributed by atoms with E-state index in [1.807, 2.05) is 6.92 Å². The third kappa shape index (κ3) is 5.21. The lowest BCUT2D eigenvalue weighted by Gasteiger charge is -2.23. The molecule has 0 saturated carbocycles. The van der Waals surface area contributed by atoms with Gasteiger partial charge in [-0.15, -0.1) is 6.42 Å². The molecule has 0 aliphatic carbocycles. The van der Waals surface area contributed by atoms with Crippen LogP contribution in [0.15, 0.2) is 26.3 Å². The Morgan fingerprint density at radius 1 is 1.56 bits per heavy atom. The Hall–Kier alpha value is -2.57. The zero-order chi connectivity index (χ0) is 20.0. The Morgan fingerprint density at radius 2 is 2.30 bits per heavy atom. The van der Waals surface area contributed by atoms with Crippen molar-refractivity contribution in [3.05, 3.63) is 28.3 Å². The largest absolute Gasteiger partial charge is 0.481 e. The maximum absolute atomic E-state index is 12.7. The van der Waals surface area contributed by atoms with Gasteiger partial charge in [0.05, 0.1) is 12.1 Å². The van der Waals surface area contributed by atoms with Crippen molar-refractivity contribution < 1.29 is 18.7 Å². The van der Waals surface area contributed by atoms with Crippen LogP contribution in [-0.4, -0.2) is 34.8 Å². The second-order valence-electron chi connectivity index (χ2n) is 6.01. The van der Waals surface area contributed by atoms with E-state index in [0.717, 1.165) is 11.8 Å². The number of carbonyl (C=O) groups is 2. The van der Waals surface area contributed by atoms with E-state index >= 15 is 0 Å². The van der Waals surface area contributed by atoms with E-state index in [0.29, 0.717) is 12.8 Å². The third-order valence-corrected chi connectivity index (χ3v) is 4.97. The predicted octanol–water partition coefficient (Wildman–Crippen LogP) is 0.998. The van der Waals surface area contributed by atoms with Crippen LogP contribution < -0.4 is 21.4 Å². The number of hydrogen-bond donors (Lipinski definition) is 2. The van der Waals surface area contributed by atoms with Gasteiger partial charge >= 0.3 is 5.63 Å². The summed E-state index contributed by atoms with van der Waals surface area (Å²) in [6.45, 7) is 3.29. The third-order valence-electron chi connectivity index (χ3n) is 3.74. The summed E-state index contributed by atoms with van der Waals surface area (Å²) in [6, 6.07) is 2.08. The van der Waals surface area contributed by atoms with Gasteiger partial charge in [0.25, 0.3) is 5.91 Å². The average Bonchev–Trinajstić information content (AvgIpc) is 3.03. The smallest absolute Gasteiger partial charge is 0.339 e. The first-order valence-electron chi connectivity index (χ1n) is 8.34. The highest BCUT2D eigenvalue weighted by molar-refractivity contribution is 8.16. The molecule has 2 heterocycles. The highest BCUT2D eigenvalue weighted by Gasteiger charge is 2.41. The van der Waals surface area contributed by atoms with Gasteiger partial charge in [-0.25, -0.2) is 9.79 Å². The van der Waals surface area contributed by atoms with Crippen molar-refractivity contribution in [3.63, 3.8) is 0 Å². The van der Waals surface area contributed by atoms with Gasteiger partial charge < -0.3 is 14.5 Å². The number of ketones is 1. The molecule has 1 aliphatic heterocycles. The van der Waals surface area contributed by atoms with Gasteiger partial charge in [0.15, 0.2) is 11.4 Å². The quantitative estimate of drug-likeness (QED) is 0.634. The van der Waals surface area contributed by atoms with E-state index in [1.165, 1.54) is 19.1 Å². The van der Waals surface area contributed by atoms with Crippen molar-refractivity contribution >= 4 is 28.5 Å². The van der Waals surface area contributed by atoms with Crippen molar-refractivity contribution in [2.45, 2.75) is 38.4 Å². The Morgan fingerprint density at radius 3 is 2.89 bits per heavy atom. The summed E-state index contributed by atoms with van der Waals surface area (Å²) in [4.78, 5) is 40.0. The van der Waals surface area contributed by atoms with Gasteiger partial charge in [0.1, 0.15) is 23.2 Å². The number of ether oxygens (including phenoxy) is 1. The van der Waals surface area contributed by atoms with Crippen molar-refractivity contribution in [1.29, 1.82) is 0 Å². The molecule has 1 aromatic rings. The van der Waals surface area contributed by atoms with Gasteiger partial charge in [0, 0.05) is 18.7 Å². The van der Waals surface area contributed by atoms with E-state index in [-0.39, 0.29) is 34.7 Å². The zero-order valence-corrected chi connectivity index (χ0v) is 15.9. The number of amides is 1. The Labute approximate surface area is 160 Å². The van der Waals surface area contributed by atoms with Crippen LogP contribution in [0.1, 0.15) is 38.5 Å². The van der Waals surface area contributed by atoms with Crippen molar-refractivity contribution in [2.75, 3.05) is 12.4 Å². The minimum Gasteiger partial charge on any atom is -0.481 e. The van der Waals surface area contributed by atoms with Crippen LogP contribution in [0.5, 0.6) is 5.75 Å². The van der Waals surface area contributed by atoms with E-state index in [4.69, 9.17) is 21.3 Å². The number of rotatable bonds is 8. The van der Waals surface area contributed by atoms with Gasteiger partial charge in [0.2, 0.25) is 0 Å². The summed E-state index contributed by atoms with van der Waals surface area (Å²) >= 11 is 1.14. The van der Waals surface area contributed by atoms with Crippen LogP contribution in [0.4, 0.5) is 0 Å². The normalized spacial score (nSPS) is 19.7. The number of carbonyl (C=O) groups excluding carboxylic acids is 2. The maximum atomic E-state index is 12.7. The van der Waals surface area contributed by atoms with Crippen LogP contribution in [-0.2, 0) is 9.59 Å². The predicted molar refractivity (Wildman–Crippen MR) is 103 cm³/mol. The molecule has 0 bridgehead atoms. The molecule has 1 amide bonds. The van der Waals surface area contributed by atoms with Crippen LogP contribution in [0.25, 0.3) is 0 Å². The molecule has 1 aliphatic rings. The Bertz CT molecular complexity index is 857. The fraction of sp³-hybridized carbons (Fsp3) is 0.444. The number of aliphatic imine (C=N–C) groups is 1. The SMILES string of the molecule is C#CCOc1cc([C@@H](CCC)NC(=O)[C@]2(N)CSC(C(C)=O)=N2)oc(=O)c1. The van der Waals surface area contributed by atoms with Gasteiger partial charge in [-0.1, -0.05) is 31.0 Å². The number of thioether (sulfide) groups is 1. The molecule has 3 N–H and O–H groups in total. The molecule has 27 heavy (non-hydrogen) atoms. The first-order chi connectivity index (χ1) is 12.8. The Balaban J connectivity index is 2.24. The van der Waals surface area contributed by atoms with E-state index < -0.39 is 23.2 Å². The van der Waals surface area contributed by atoms with E-state index in [9.17, 15) is 14.4 Å². The molecule has 8 nitrogen and oxygen atoms in total. The molecule has 0 unspecified atom stereocenters. The molecule has 0 aromatic carbocycles. The highest BCUT2D eigenvalue weighted by atomic mass is 32.2. The summed E-state index contributed by atoms with van der Waals surface area (Å²) in [6.07, 6.45) is 6.36. The second kappa shape index (κ2) is 8.88. The summed E-state index contributed by atoms with van der Waals surface area (Å²) in [7, 11) is 0. The number of terminal acetylenes is 1. The molecule has 0 radical (unpaired) electrons. The maximum Gasteiger partial charge on any atom is 0.339 e. The number of nitrogens with two attached hydrogens (primary N) is 1. The van der Waals surface area contributed by atoms with Crippen LogP contribution in [0, 0.1) is 12.3 Å². The van der Waals surface area contributed by atoms with Crippen molar-refractivity contribution in [1.82, 2.24) is 5.32 Å². The standard InChI is InChI=1S/C18H21N3O5S/c1-4-6-13(14-8-12(25-7-5-2)9-15(23)26-14)20-17(24)18(19)10-27-16(21-18)11(3)22/h2,8-9,13H,4,6-7,10,19H2,1,3H3,(H,20,24)/t13-,18+/m1/s1. The molecule has 144 valence electrons. The molecule has 0 fully saturated rings. The van der Waals surface area contributed by atoms with Crippen molar-refractivity contribution in [3.8, 4) is 18.1 Å². The number of nitrogens with zero attached hydrogens (tertiary/aromatic N) is 1. The topological polar surface area (TPSA) is 124 Å². The summed E-state index contributed by atoms with van der Waals surface area (Å²) in [5.41, 5.74) is 3.90. The fourth-order valence-corrected chi connectivity index (χ4v) is 3.41. The lowest BCUT2D eigenvalue weighted by atomic mass is 10.1. The molecule has 1 aromatic heterocycles. The van der Waals surface area contributed by atoms with E-state index in [2.05, 4.69) is 16.2 Å². The minimum atomic E-state index is -1.55. The average molecular weight is 391 g/mol. The first-order valence-corrected chi connectivity index (χ1v) is 9.32. The summed E-state index contributed by atoms with van der Waals surface area (Å²) in [5.74, 6) is 2.16. The number of Topliss-reactive ketones (excluding diaryl/α,β-unsaturated/α-hetero) is 1. The van der Waals surface area contributed by atoms with Gasteiger partial charge in [-0.05, 0) is 6.42 Å². The van der Waals surface area contributed by atoms with Crippen LogP contribution in [0.3, 0.4) is 0 Å². The van der Waals surface area contributed by atoms with Crippen LogP contribution in [0.2, 0.25) is 0 Å². The lowest BCUT2D eigenvalue weighted by molar-refractivity contribution is -0.126. The zero-order valence-electron chi connectivity index (χ0n) is 15.1. The molecular formula is C18H21N3O5S. The minimum absolute atomic E-state index is 0.000626. The van der Waals surface area contributed by atoms with Crippen molar-refractivity contribution in [2.24, 2.45) is 10.7 Å². The molecule has 2 rings (SSSR count). The Kier molecular flexibility index (Phi) is 6.82. The van der Waals surface area contributed by atoms with Gasteiger partial charge in [-0.2, -0.15) is 0 Å². The molecule has 0 saturated heterocycles. The van der Waals surface area contributed by atoms with E-state index in [1.54, 1.807) is 0 Å². The fourth-order valence-electron chi connectivity index (χ4n) is 2.43. The highest BCUT2D eigenvalue weighted by Crippen LogP contribution is 2.27. The first kappa shape index (κ1) is 20.7. The molecular weight excluding hydrogens is 370 g/mol. The second-order valence-corrected chi connectivity index (χ2v) is 6.97. The lowest BCUT2D eigenvalue weighted by Crippen LogP contribution is -2.54. The molecule has 2 atom stereocenters. The van der Waals surface area contributed by atoms with Crippen LogP contribution >= 0.6 is 11.8 Å². The number of nitrogens with one attached hydrogen (secondary N) is 1. The summed E-state index contributed by atoms with van der Waals surface area (Å²) in [5, 5.41) is 2.98. The monoisotopic (exact) mass is 391 g/mol. The van der Waals surface area contributed by atoms with Gasteiger partial charge in [-0.3, -0.25) is 15.3 Å². The summed E-state index contributed by atoms with van der Waals surface area (Å²) < 4.78 is 10.5.